The molecule has 0 saturated carbocycles. The zero-order chi connectivity index (χ0) is 21.9. The molecule has 2 aromatic rings. The Hall–Kier alpha value is -2.80. The van der Waals surface area contributed by atoms with Crippen LogP contribution in [0.4, 0.5) is 3.89 Å². The number of terminal acetylenes is 1. The van der Waals surface area contributed by atoms with Gasteiger partial charge >= 0.3 is 10.5 Å². The molecule has 10 heteroatoms. The molecule has 0 N–H and O–H groups in total. The Bertz CT molecular complexity index is 1110. The van der Waals surface area contributed by atoms with Crippen molar-refractivity contribution in [3.63, 3.8) is 0 Å². The highest BCUT2D eigenvalue weighted by molar-refractivity contribution is 7.81. The summed E-state index contributed by atoms with van der Waals surface area (Å²) in [5.41, 5.74) is 0.831. The SMILES string of the molecule is C#Cc1cc(OS(=O)(=O)F)cc(C(=O)N2CCOC(c3c(Cl)cccc3OC)C2)c1. The summed E-state index contributed by atoms with van der Waals surface area (Å²) in [6, 6.07) is 8.82. The highest BCUT2D eigenvalue weighted by Crippen LogP contribution is 2.36. The number of carbonyl (C=O) groups is 1. The number of halogens is 2. The van der Waals surface area contributed by atoms with Gasteiger partial charge in [0.1, 0.15) is 17.6 Å². The zero-order valence-corrected chi connectivity index (χ0v) is 17.4. The van der Waals surface area contributed by atoms with Crippen LogP contribution in [-0.4, -0.2) is 46.0 Å². The Morgan fingerprint density at radius 2 is 2.13 bits per heavy atom. The van der Waals surface area contributed by atoms with Crippen molar-refractivity contribution in [3.8, 4) is 23.8 Å². The van der Waals surface area contributed by atoms with E-state index >= 15 is 0 Å². The van der Waals surface area contributed by atoms with Gasteiger partial charge in [0.15, 0.2) is 0 Å². The van der Waals surface area contributed by atoms with Gasteiger partial charge in [-0.05, 0) is 30.3 Å². The third-order valence-corrected chi connectivity index (χ3v) is 5.15. The van der Waals surface area contributed by atoms with Gasteiger partial charge in [0.25, 0.3) is 5.91 Å². The number of rotatable bonds is 5. The molecule has 0 aliphatic carbocycles. The smallest absolute Gasteiger partial charge is 0.488 e. The molecular formula is C20H17ClFNO6S. The molecule has 158 valence electrons. The number of methoxy groups -OCH3 is 1. The lowest BCUT2D eigenvalue weighted by Crippen LogP contribution is -2.42. The van der Waals surface area contributed by atoms with Crippen LogP contribution in [-0.2, 0) is 15.2 Å². The van der Waals surface area contributed by atoms with Gasteiger partial charge < -0.3 is 18.6 Å². The maximum absolute atomic E-state index is 13.0. The molecule has 1 aliphatic rings. The number of nitrogens with zero attached hydrogens (tertiary/aromatic N) is 1. The van der Waals surface area contributed by atoms with E-state index in [1.807, 2.05) is 0 Å². The topological polar surface area (TPSA) is 82.1 Å². The maximum atomic E-state index is 13.0. The lowest BCUT2D eigenvalue weighted by atomic mass is 10.0. The highest BCUT2D eigenvalue weighted by atomic mass is 35.5. The van der Waals surface area contributed by atoms with E-state index in [4.69, 9.17) is 27.5 Å². The molecule has 1 unspecified atom stereocenters. The monoisotopic (exact) mass is 453 g/mol. The molecule has 2 aromatic carbocycles. The summed E-state index contributed by atoms with van der Waals surface area (Å²) >= 11 is 6.31. The average Bonchev–Trinajstić information content (AvgIpc) is 2.71. The second-order valence-electron chi connectivity index (χ2n) is 6.33. The van der Waals surface area contributed by atoms with Crippen molar-refractivity contribution in [2.75, 3.05) is 26.8 Å². The van der Waals surface area contributed by atoms with Crippen molar-refractivity contribution < 1.29 is 30.8 Å². The normalized spacial score (nSPS) is 16.6. The lowest BCUT2D eigenvalue weighted by molar-refractivity contribution is -0.0236. The number of carbonyl (C=O) groups excluding carboxylic acids is 1. The van der Waals surface area contributed by atoms with E-state index < -0.39 is 28.3 Å². The minimum atomic E-state index is -5.27. The number of morpholine rings is 1. The summed E-state index contributed by atoms with van der Waals surface area (Å²) in [5, 5.41) is 0.437. The molecule has 1 heterocycles. The highest BCUT2D eigenvalue weighted by Gasteiger charge is 2.30. The molecule has 3 rings (SSSR count). The summed E-state index contributed by atoms with van der Waals surface area (Å²) in [4.78, 5) is 14.5. The van der Waals surface area contributed by atoms with Crippen LogP contribution in [0.15, 0.2) is 36.4 Å². The van der Waals surface area contributed by atoms with Gasteiger partial charge in [-0.2, -0.15) is 8.42 Å². The van der Waals surface area contributed by atoms with Crippen LogP contribution >= 0.6 is 11.6 Å². The number of hydrogen-bond donors (Lipinski definition) is 0. The Labute approximate surface area is 178 Å². The minimum Gasteiger partial charge on any atom is -0.496 e. The van der Waals surface area contributed by atoms with E-state index in [-0.39, 0.29) is 30.8 Å². The van der Waals surface area contributed by atoms with Gasteiger partial charge in [-0.25, -0.2) is 0 Å². The first-order valence-corrected chi connectivity index (χ1v) is 10.4. The number of benzene rings is 2. The number of ether oxygens (including phenoxy) is 2. The first-order valence-electron chi connectivity index (χ1n) is 8.71. The van der Waals surface area contributed by atoms with Crippen LogP contribution in [0, 0.1) is 12.3 Å². The molecule has 30 heavy (non-hydrogen) atoms. The van der Waals surface area contributed by atoms with Crippen LogP contribution in [0.2, 0.25) is 5.02 Å². The van der Waals surface area contributed by atoms with E-state index in [2.05, 4.69) is 10.1 Å². The van der Waals surface area contributed by atoms with E-state index in [1.54, 1.807) is 18.2 Å². The van der Waals surface area contributed by atoms with Crippen LogP contribution in [0.3, 0.4) is 0 Å². The predicted octanol–water partition coefficient (Wildman–Crippen LogP) is 3.14. The summed E-state index contributed by atoms with van der Waals surface area (Å²) in [6.45, 7) is 0.679. The van der Waals surface area contributed by atoms with Gasteiger partial charge in [-0.3, -0.25) is 4.79 Å². The molecular weight excluding hydrogens is 437 g/mol. The minimum absolute atomic E-state index is 0.0517. The molecule has 0 radical (unpaired) electrons. The van der Waals surface area contributed by atoms with Crippen molar-refractivity contribution >= 4 is 28.0 Å². The van der Waals surface area contributed by atoms with Crippen molar-refractivity contribution in [3.05, 3.63) is 58.1 Å². The van der Waals surface area contributed by atoms with Gasteiger partial charge in [-0.1, -0.05) is 27.5 Å². The van der Waals surface area contributed by atoms with Crippen LogP contribution in [0.25, 0.3) is 0 Å². The molecule has 1 aliphatic heterocycles. The first kappa shape index (κ1) is 21.9. The average molecular weight is 454 g/mol. The Kier molecular flexibility index (Phi) is 6.51. The third-order valence-electron chi connectivity index (χ3n) is 4.42. The quantitative estimate of drug-likeness (QED) is 0.511. The molecule has 1 atom stereocenters. The molecule has 0 spiro atoms. The van der Waals surface area contributed by atoms with Crippen molar-refractivity contribution in [1.82, 2.24) is 4.90 Å². The van der Waals surface area contributed by atoms with Crippen molar-refractivity contribution in [2.24, 2.45) is 0 Å². The molecule has 7 nitrogen and oxygen atoms in total. The van der Waals surface area contributed by atoms with Crippen LogP contribution < -0.4 is 8.92 Å². The maximum Gasteiger partial charge on any atom is 0.488 e. The molecule has 0 bridgehead atoms. The van der Waals surface area contributed by atoms with Gasteiger partial charge in [-0.15, -0.1) is 6.42 Å². The molecule has 1 saturated heterocycles. The van der Waals surface area contributed by atoms with E-state index in [1.165, 1.54) is 18.1 Å². The second-order valence-corrected chi connectivity index (χ2v) is 7.69. The summed E-state index contributed by atoms with van der Waals surface area (Å²) < 4.78 is 49.9. The fourth-order valence-electron chi connectivity index (χ4n) is 3.17. The molecule has 1 fully saturated rings. The molecule has 0 aromatic heterocycles. The van der Waals surface area contributed by atoms with E-state index in [0.717, 1.165) is 12.1 Å². The van der Waals surface area contributed by atoms with Crippen LogP contribution in [0.1, 0.15) is 27.6 Å². The van der Waals surface area contributed by atoms with Gasteiger partial charge in [0.2, 0.25) is 0 Å². The Morgan fingerprint density at radius 1 is 1.37 bits per heavy atom. The van der Waals surface area contributed by atoms with Gasteiger partial charge in [0.05, 0.1) is 25.3 Å². The first-order chi connectivity index (χ1) is 14.2. The Balaban J connectivity index is 1.89. The zero-order valence-electron chi connectivity index (χ0n) is 15.8. The lowest BCUT2D eigenvalue weighted by Gasteiger charge is -2.34. The summed E-state index contributed by atoms with van der Waals surface area (Å²) in [6.07, 6.45) is 4.82. The third kappa shape index (κ3) is 5.02. The number of amides is 1. The fraction of sp³-hybridized carbons (Fsp3) is 0.250. The van der Waals surface area contributed by atoms with Crippen molar-refractivity contribution in [1.29, 1.82) is 0 Å². The van der Waals surface area contributed by atoms with Crippen LogP contribution in [0.5, 0.6) is 11.5 Å². The summed E-state index contributed by atoms with van der Waals surface area (Å²) in [7, 11) is -3.76. The van der Waals surface area contributed by atoms with Gasteiger partial charge in [0, 0.05) is 23.2 Å². The standard InChI is InChI=1S/C20H17ClFNO6S/c1-3-13-9-14(11-15(10-13)29-30(22,25)26)20(24)23-7-8-28-18(12-23)19-16(21)5-4-6-17(19)27-2/h1,4-6,9-11,18H,7-8,12H2,2H3. The van der Waals surface area contributed by atoms with Crippen molar-refractivity contribution in [2.45, 2.75) is 6.10 Å². The second kappa shape index (κ2) is 8.92. The fourth-order valence-corrected chi connectivity index (χ4v) is 3.78. The Morgan fingerprint density at radius 3 is 2.80 bits per heavy atom. The van der Waals surface area contributed by atoms with E-state index in [9.17, 15) is 17.1 Å². The predicted molar refractivity (Wildman–Crippen MR) is 108 cm³/mol. The summed E-state index contributed by atoms with van der Waals surface area (Å²) in [5.74, 6) is 1.96. The largest absolute Gasteiger partial charge is 0.496 e. The molecule has 1 amide bonds. The van der Waals surface area contributed by atoms with E-state index in [0.29, 0.717) is 16.3 Å². The number of hydrogen-bond acceptors (Lipinski definition) is 6.